The van der Waals surface area contributed by atoms with Gasteiger partial charge in [-0.1, -0.05) is 48.5 Å². The van der Waals surface area contributed by atoms with Crippen molar-refractivity contribution in [1.29, 1.82) is 0 Å². The van der Waals surface area contributed by atoms with Gasteiger partial charge in [0.1, 0.15) is 0 Å². The first kappa shape index (κ1) is 14.2. The molecule has 2 nitrogen and oxygen atoms in total. The van der Waals surface area contributed by atoms with Crippen molar-refractivity contribution in [2.24, 2.45) is 0 Å². The summed E-state index contributed by atoms with van der Waals surface area (Å²) in [6, 6.07) is 18.9. The molecule has 21 heavy (non-hydrogen) atoms. The fraction of sp³-hybridized carbons (Fsp3) is 0.278. The van der Waals surface area contributed by atoms with Gasteiger partial charge in [0.15, 0.2) is 0 Å². The Labute approximate surface area is 130 Å². The van der Waals surface area contributed by atoms with Gasteiger partial charge in [-0.15, -0.1) is 11.6 Å². The molecule has 0 radical (unpaired) electrons. The van der Waals surface area contributed by atoms with Crippen LogP contribution in [0.15, 0.2) is 54.6 Å². The van der Waals surface area contributed by atoms with Crippen molar-refractivity contribution in [2.75, 3.05) is 5.88 Å². The molecule has 2 aromatic carbocycles. The lowest BCUT2D eigenvalue weighted by molar-refractivity contribution is 0.651. The van der Waals surface area contributed by atoms with E-state index in [2.05, 4.69) is 60.1 Å². The van der Waals surface area contributed by atoms with Gasteiger partial charge in [-0.25, -0.2) is 0 Å². The lowest BCUT2D eigenvalue weighted by Crippen LogP contribution is -2.06. The third-order valence-electron chi connectivity index (χ3n) is 3.93. The molecule has 0 aliphatic rings. The monoisotopic (exact) mass is 298 g/mol. The second kappa shape index (κ2) is 6.31. The predicted octanol–water partition coefficient (Wildman–Crippen LogP) is 4.62. The average molecular weight is 299 g/mol. The zero-order valence-corrected chi connectivity index (χ0v) is 12.9. The Morgan fingerprint density at radius 1 is 1.05 bits per heavy atom. The minimum absolute atomic E-state index is 0.302. The van der Waals surface area contributed by atoms with Gasteiger partial charge in [0.05, 0.1) is 11.2 Å². The van der Waals surface area contributed by atoms with E-state index in [-0.39, 0.29) is 0 Å². The molecule has 3 aromatic rings. The number of benzene rings is 2. The fourth-order valence-corrected chi connectivity index (χ4v) is 3.10. The quantitative estimate of drug-likeness (QED) is 0.628. The Balaban J connectivity index is 1.97. The molecule has 1 aromatic heterocycles. The normalized spacial score (nSPS) is 12.7. The van der Waals surface area contributed by atoms with Crippen LogP contribution in [0.1, 0.15) is 24.1 Å². The van der Waals surface area contributed by atoms with E-state index in [0.29, 0.717) is 11.8 Å². The van der Waals surface area contributed by atoms with Gasteiger partial charge in [-0.2, -0.15) is 5.10 Å². The molecule has 0 fully saturated rings. The van der Waals surface area contributed by atoms with Crippen molar-refractivity contribution in [3.05, 3.63) is 65.9 Å². The van der Waals surface area contributed by atoms with Gasteiger partial charge in [-0.05, 0) is 18.6 Å². The molecule has 1 atom stereocenters. The van der Waals surface area contributed by atoms with E-state index in [1.165, 1.54) is 16.5 Å². The van der Waals surface area contributed by atoms with Crippen LogP contribution in [-0.4, -0.2) is 15.7 Å². The zero-order valence-electron chi connectivity index (χ0n) is 12.2. The molecule has 0 aliphatic heterocycles. The van der Waals surface area contributed by atoms with E-state index in [0.717, 1.165) is 18.7 Å². The van der Waals surface area contributed by atoms with Crippen molar-refractivity contribution in [3.8, 4) is 0 Å². The summed E-state index contributed by atoms with van der Waals surface area (Å²) in [6.07, 6.45) is 0.876. The molecule has 0 aliphatic carbocycles. The highest BCUT2D eigenvalue weighted by molar-refractivity contribution is 6.18. The Kier molecular flexibility index (Phi) is 4.26. The minimum Gasteiger partial charge on any atom is -0.265 e. The second-order valence-corrected chi connectivity index (χ2v) is 5.55. The lowest BCUT2D eigenvalue weighted by Gasteiger charge is -2.13. The topological polar surface area (TPSA) is 17.8 Å². The largest absolute Gasteiger partial charge is 0.265 e. The first-order valence-electron chi connectivity index (χ1n) is 7.38. The third-order valence-corrected chi connectivity index (χ3v) is 4.30. The van der Waals surface area contributed by atoms with Gasteiger partial charge in [0, 0.05) is 30.1 Å². The van der Waals surface area contributed by atoms with Crippen LogP contribution in [0.3, 0.4) is 0 Å². The summed E-state index contributed by atoms with van der Waals surface area (Å²) in [5, 5.41) is 6.02. The Morgan fingerprint density at radius 3 is 2.48 bits per heavy atom. The summed E-state index contributed by atoms with van der Waals surface area (Å²) in [6.45, 7) is 3.01. The van der Waals surface area contributed by atoms with E-state index in [9.17, 15) is 0 Å². The highest BCUT2D eigenvalue weighted by Crippen LogP contribution is 2.26. The third kappa shape index (κ3) is 2.81. The van der Waals surface area contributed by atoms with Gasteiger partial charge in [0.2, 0.25) is 0 Å². The molecule has 1 unspecified atom stereocenters. The molecule has 3 heteroatoms. The molecular weight excluding hydrogens is 280 g/mol. The van der Waals surface area contributed by atoms with Crippen LogP contribution >= 0.6 is 11.6 Å². The van der Waals surface area contributed by atoms with Crippen LogP contribution in [0.25, 0.3) is 10.9 Å². The maximum absolute atomic E-state index is 6.21. The van der Waals surface area contributed by atoms with Crippen LogP contribution in [-0.2, 0) is 13.0 Å². The molecule has 0 saturated heterocycles. The standard InChI is InChI=1S/C18H19ClN2/c1-2-21-18-11-7-6-10-16(18)17(20-21)12-15(13-19)14-8-4-3-5-9-14/h3-11,15H,2,12-13H2,1H3. The predicted molar refractivity (Wildman–Crippen MR) is 89.0 cm³/mol. The first-order chi connectivity index (χ1) is 10.3. The second-order valence-electron chi connectivity index (χ2n) is 5.25. The van der Waals surface area contributed by atoms with Gasteiger partial charge < -0.3 is 0 Å². The molecule has 0 saturated carbocycles. The SMILES string of the molecule is CCn1nc(CC(CCl)c2ccccc2)c2ccccc21. The fourth-order valence-electron chi connectivity index (χ4n) is 2.81. The number of halogens is 1. The molecular formula is C18H19ClN2. The molecule has 0 spiro atoms. The number of aromatic nitrogens is 2. The molecule has 0 bridgehead atoms. The van der Waals surface area contributed by atoms with Crippen LogP contribution in [0.2, 0.25) is 0 Å². The summed E-state index contributed by atoms with van der Waals surface area (Å²) < 4.78 is 2.07. The van der Waals surface area contributed by atoms with E-state index >= 15 is 0 Å². The molecule has 108 valence electrons. The number of para-hydroxylation sites is 1. The van der Waals surface area contributed by atoms with Gasteiger partial charge >= 0.3 is 0 Å². The zero-order chi connectivity index (χ0) is 14.7. The maximum Gasteiger partial charge on any atom is 0.0709 e. The van der Waals surface area contributed by atoms with Crippen LogP contribution in [0.4, 0.5) is 0 Å². The van der Waals surface area contributed by atoms with E-state index in [1.807, 2.05) is 6.07 Å². The summed E-state index contributed by atoms with van der Waals surface area (Å²) in [5.74, 6) is 0.911. The maximum atomic E-state index is 6.21. The summed E-state index contributed by atoms with van der Waals surface area (Å²) in [7, 11) is 0. The molecule has 0 amide bonds. The van der Waals surface area contributed by atoms with Crippen molar-refractivity contribution >= 4 is 22.5 Å². The van der Waals surface area contributed by atoms with Crippen molar-refractivity contribution < 1.29 is 0 Å². The Bertz CT molecular complexity index is 718. The molecule has 0 N–H and O–H groups in total. The summed E-state index contributed by atoms with van der Waals surface area (Å²) >= 11 is 6.21. The highest BCUT2D eigenvalue weighted by Gasteiger charge is 2.16. The minimum atomic E-state index is 0.302. The number of hydrogen-bond donors (Lipinski definition) is 0. The summed E-state index contributed by atoms with van der Waals surface area (Å²) in [4.78, 5) is 0. The van der Waals surface area contributed by atoms with Crippen molar-refractivity contribution in [2.45, 2.75) is 25.8 Å². The van der Waals surface area contributed by atoms with Gasteiger partial charge in [-0.3, -0.25) is 4.68 Å². The number of rotatable bonds is 5. The molecule has 1 heterocycles. The van der Waals surface area contributed by atoms with E-state index < -0.39 is 0 Å². The Morgan fingerprint density at radius 2 is 1.76 bits per heavy atom. The van der Waals surface area contributed by atoms with Crippen LogP contribution < -0.4 is 0 Å². The number of fused-ring (bicyclic) bond motifs is 1. The Hall–Kier alpha value is -1.80. The van der Waals surface area contributed by atoms with E-state index in [1.54, 1.807) is 0 Å². The van der Waals surface area contributed by atoms with Crippen LogP contribution in [0.5, 0.6) is 0 Å². The molecule has 3 rings (SSSR count). The number of aryl methyl sites for hydroxylation is 1. The average Bonchev–Trinajstić information content (AvgIpc) is 2.91. The number of hydrogen-bond acceptors (Lipinski definition) is 1. The van der Waals surface area contributed by atoms with E-state index in [4.69, 9.17) is 16.7 Å². The summed E-state index contributed by atoms with van der Waals surface area (Å²) in [5.41, 5.74) is 3.63. The van der Waals surface area contributed by atoms with Crippen LogP contribution in [0, 0.1) is 0 Å². The smallest absolute Gasteiger partial charge is 0.0709 e. The lowest BCUT2D eigenvalue weighted by atomic mass is 9.95. The number of nitrogens with zero attached hydrogens (tertiary/aromatic N) is 2. The van der Waals surface area contributed by atoms with Crippen molar-refractivity contribution in [1.82, 2.24) is 9.78 Å². The highest BCUT2D eigenvalue weighted by atomic mass is 35.5. The van der Waals surface area contributed by atoms with Gasteiger partial charge in [0.25, 0.3) is 0 Å². The number of alkyl halides is 1. The van der Waals surface area contributed by atoms with Crippen molar-refractivity contribution in [3.63, 3.8) is 0 Å². The first-order valence-corrected chi connectivity index (χ1v) is 7.92.